The molecule has 0 aliphatic carbocycles. The normalized spacial score (nSPS) is 23.8. The summed E-state index contributed by atoms with van der Waals surface area (Å²) in [6.45, 7) is 0.358. The summed E-state index contributed by atoms with van der Waals surface area (Å²) in [5.41, 5.74) is -0.703. The van der Waals surface area contributed by atoms with Crippen LogP contribution in [0.2, 0.25) is 0 Å². The Balaban J connectivity index is 1.67. The lowest BCUT2D eigenvalue weighted by Gasteiger charge is -2.21. The van der Waals surface area contributed by atoms with E-state index in [1.54, 1.807) is 18.0 Å². The second-order valence-corrected chi connectivity index (χ2v) is 5.49. The number of carbonyl (C=O) groups excluding carboxylic acids is 1. The number of hydrogen-bond acceptors (Lipinski definition) is 4. The van der Waals surface area contributed by atoms with Gasteiger partial charge < -0.3 is 14.8 Å². The van der Waals surface area contributed by atoms with Crippen LogP contribution in [0.25, 0.3) is 0 Å². The van der Waals surface area contributed by atoms with E-state index in [-0.39, 0.29) is 5.91 Å². The van der Waals surface area contributed by atoms with Gasteiger partial charge in [0.1, 0.15) is 5.76 Å². The summed E-state index contributed by atoms with van der Waals surface area (Å²) in [5.74, 6) is 2.46. The molecule has 4 nitrogen and oxygen atoms in total. The van der Waals surface area contributed by atoms with Crippen molar-refractivity contribution in [1.82, 2.24) is 5.32 Å². The van der Waals surface area contributed by atoms with E-state index in [9.17, 15) is 9.90 Å². The molecule has 1 aromatic rings. The monoisotopic (exact) mass is 255 g/mol. The lowest BCUT2D eigenvalue weighted by molar-refractivity contribution is -0.122. The summed E-state index contributed by atoms with van der Waals surface area (Å²) in [6, 6.07) is 3.67. The molecule has 2 heterocycles. The molecule has 1 aliphatic heterocycles. The molecule has 1 saturated heterocycles. The third-order valence-electron chi connectivity index (χ3n) is 2.88. The zero-order valence-electron chi connectivity index (χ0n) is 9.65. The van der Waals surface area contributed by atoms with E-state index in [0.717, 1.165) is 17.9 Å². The highest BCUT2D eigenvalue weighted by Gasteiger charge is 2.31. The predicted molar refractivity (Wildman–Crippen MR) is 66.9 cm³/mol. The first-order valence-electron chi connectivity index (χ1n) is 5.77. The molecule has 1 atom stereocenters. The number of rotatable bonds is 5. The van der Waals surface area contributed by atoms with Crippen LogP contribution in [0.5, 0.6) is 0 Å². The van der Waals surface area contributed by atoms with Gasteiger partial charge in [-0.15, -0.1) is 0 Å². The van der Waals surface area contributed by atoms with Crippen molar-refractivity contribution < 1.29 is 14.3 Å². The van der Waals surface area contributed by atoms with E-state index in [2.05, 4.69) is 5.32 Å². The Hall–Kier alpha value is -0.940. The Labute approximate surface area is 105 Å². The summed E-state index contributed by atoms with van der Waals surface area (Å²) in [5, 5.41) is 12.8. The standard InChI is InChI=1S/C12H17NO3S/c14-11(4-3-10-2-1-6-16-10)13-8-12(15)5-7-17-9-12/h1-2,6,15H,3-5,7-9H2,(H,13,14). The topological polar surface area (TPSA) is 62.5 Å². The largest absolute Gasteiger partial charge is 0.469 e. The minimum Gasteiger partial charge on any atom is -0.469 e. The minimum atomic E-state index is -0.703. The first kappa shape index (κ1) is 12.5. The maximum Gasteiger partial charge on any atom is 0.220 e. The van der Waals surface area contributed by atoms with Crippen molar-refractivity contribution in [3.8, 4) is 0 Å². The average Bonchev–Trinajstić information content (AvgIpc) is 2.95. The van der Waals surface area contributed by atoms with Crippen molar-refractivity contribution in [2.45, 2.75) is 24.9 Å². The second-order valence-electron chi connectivity index (χ2n) is 4.38. The average molecular weight is 255 g/mol. The molecular weight excluding hydrogens is 238 g/mol. The van der Waals surface area contributed by atoms with Crippen molar-refractivity contribution in [3.63, 3.8) is 0 Å². The maximum absolute atomic E-state index is 11.6. The van der Waals surface area contributed by atoms with E-state index in [4.69, 9.17) is 4.42 Å². The minimum absolute atomic E-state index is 0.0354. The lowest BCUT2D eigenvalue weighted by atomic mass is 10.0. The number of aryl methyl sites for hydroxylation is 1. The Morgan fingerprint density at radius 3 is 3.18 bits per heavy atom. The van der Waals surface area contributed by atoms with Crippen molar-refractivity contribution in [1.29, 1.82) is 0 Å². The van der Waals surface area contributed by atoms with Gasteiger partial charge in [-0.05, 0) is 24.3 Å². The molecule has 0 aromatic carbocycles. The number of carbonyl (C=O) groups is 1. The number of amides is 1. The van der Waals surface area contributed by atoms with Gasteiger partial charge >= 0.3 is 0 Å². The third kappa shape index (κ3) is 3.78. The van der Waals surface area contributed by atoms with Crippen LogP contribution in [0.15, 0.2) is 22.8 Å². The fourth-order valence-electron chi connectivity index (χ4n) is 1.78. The SMILES string of the molecule is O=C(CCc1ccco1)NCC1(O)CCSC1. The van der Waals surface area contributed by atoms with Gasteiger partial charge in [-0.25, -0.2) is 0 Å². The molecule has 94 valence electrons. The van der Waals surface area contributed by atoms with E-state index >= 15 is 0 Å². The van der Waals surface area contributed by atoms with E-state index in [1.807, 2.05) is 12.1 Å². The van der Waals surface area contributed by atoms with Crippen LogP contribution in [0.1, 0.15) is 18.6 Å². The van der Waals surface area contributed by atoms with Gasteiger partial charge in [0.05, 0.1) is 11.9 Å². The zero-order chi connectivity index (χ0) is 12.1. The molecule has 0 saturated carbocycles. The summed E-state index contributed by atoms with van der Waals surface area (Å²) in [4.78, 5) is 11.6. The van der Waals surface area contributed by atoms with E-state index in [1.165, 1.54) is 0 Å². The Morgan fingerprint density at radius 1 is 1.65 bits per heavy atom. The second kappa shape index (κ2) is 5.60. The van der Waals surface area contributed by atoms with E-state index in [0.29, 0.717) is 25.1 Å². The zero-order valence-corrected chi connectivity index (χ0v) is 10.5. The number of thioether (sulfide) groups is 1. The summed E-state index contributed by atoms with van der Waals surface area (Å²) in [6.07, 6.45) is 3.37. The molecule has 2 N–H and O–H groups in total. The summed E-state index contributed by atoms with van der Waals surface area (Å²) < 4.78 is 5.15. The highest BCUT2D eigenvalue weighted by Crippen LogP contribution is 2.26. The Morgan fingerprint density at radius 2 is 2.53 bits per heavy atom. The van der Waals surface area contributed by atoms with Crippen molar-refractivity contribution >= 4 is 17.7 Å². The number of nitrogens with one attached hydrogen (secondary N) is 1. The Kier molecular flexibility index (Phi) is 4.12. The van der Waals surface area contributed by atoms with Gasteiger partial charge in [0, 0.05) is 25.1 Å². The molecule has 0 bridgehead atoms. The molecule has 1 aliphatic rings. The van der Waals surface area contributed by atoms with Gasteiger partial charge in [0.25, 0.3) is 0 Å². The number of aliphatic hydroxyl groups is 1. The molecule has 1 amide bonds. The third-order valence-corrected chi connectivity index (χ3v) is 4.11. The Bertz CT molecular complexity index is 358. The molecule has 0 radical (unpaired) electrons. The van der Waals surface area contributed by atoms with Gasteiger partial charge in [0.15, 0.2) is 0 Å². The van der Waals surface area contributed by atoms with Gasteiger partial charge in [0.2, 0.25) is 5.91 Å². The van der Waals surface area contributed by atoms with Crippen LogP contribution < -0.4 is 5.32 Å². The fraction of sp³-hybridized carbons (Fsp3) is 0.583. The molecule has 1 aromatic heterocycles. The molecule has 0 spiro atoms. The molecule has 2 rings (SSSR count). The summed E-state index contributed by atoms with van der Waals surface area (Å²) in [7, 11) is 0. The van der Waals surface area contributed by atoms with Gasteiger partial charge in [-0.2, -0.15) is 11.8 Å². The molecular formula is C12H17NO3S. The highest BCUT2D eigenvalue weighted by molar-refractivity contribution is 7.99. The van der Waals surface area contributed by atoms with Crippen LogP contribution in [0.4, 0.5) is 0 Å². The molecule has 17 heavy (non-hydrogen) atoms. The van der Waals surface area contributed by atoms with Crippen LogP contribution in [0, 0.1) is 0 Å². The van der Waals surface area contributed by atoms with Crippen LogP contribution in [0.3, 0.4) is 0 Å². The summed E-state index contributed by atoms with van der Waals surface area (Å²) >= 11 is 1.73. The van der Waals surface area contributed by atoms with E-state index < -0.39 is 5.60 Å². The lowest BCUT2D eigenvalue weighted by Crippen LogP contribution is -2.43. The fourth-order valence-corrected chi connectivity index (χ4v) is 3.07. The van der Waals surface area contributed by atoms with Crippen LogP contribution in [-0.2, 0) is 11.2 Å². The maximum atomic E-state index is 11.6. The van der Waals surface area contributed by atoms with Crippen LogP contribution in [-0.4, -0.2) is 34.7 Å². The first-order chi connectivity index (χ1) is 8.18. The molecule has 5 heteroatoms. The van der Waals surface area contributed by atoms with Crippen molar-refractivity contribution in [2.75, 3.05) is 18.1 Å². The van der Waals surface area contributed by atoms with Crippen molar-refractivity contribution in [2.24, 2.45) is 0 Å². The molecule has 1 fully saturated rings. The van der Waals surface area contributed by atoms with Gasteiger partial charge in [-0.3, -0.25) is 4.79 Å². The molecule has 1 unspecified atom stereocenters. The highest BCUT2D eigenvalue weighted by atomic mass is 32.2. The van der Waals surface area contributed by atoms with Crippen molar-refractivity contribution in [3.05, 3.63) is 24.2 Å². The van der Waals surface area contributed by atoms with Gasteiger partial charge in [-0.1, -0.05) is 0 Å². The quantitative estimate of drug-likeness (QED) is 0.830. The number of hydrogen-bond donors (Lipinski definition) is 2. The predicted octanol–water partition coefficient (Wildman–Crippen LogP) is 1.20. The number of furan rings is 1. The first-order valence-corrected chi connectivity index (χ1v) is 6.93. The smallest absolute Gasteiger partial charge is 0.220 e. The van der Waals surface area contributed by atoms with Crippen LogP contribution >= 0.6 is 11.8 Å².